The van der Waals surface area contributed by atoms with Gasteiger partial charge in [0.05, 0.1) is 22.6 Å². The maximum atomic E-state index is 12.8. The Labute approximate surface area is 198 Å². The fourth-order valence-corrected chi connectivity index (χ4v) is 5.59. The highest BCUT2D eigenvalue weighted by Gasteiger charge is 2.34. The maximum absolute atomic E-state index is 12.8. The monoisotopic (exact) mass is 482 g/mol. The zero-order valence-electron chi connectivity index (χ0n) is 18.7. The molecule has 0 spiro atoms. The lowest BCUT2D eigenvalue weighted by atomic mass is 10.1. The SMILES string of the molecule is O=C(/C=C\c1ccc(S(=O)(=O)N2CCCCCC2)cc1)OCCN1C(=O)c2ccccc2C1=O. The van der Waals surface area contributed by atoms with Crippen LogP contribution in [0.1, 0.15) is 52.0 Å². The van der Waals surface area contributed by atoms with E-state index in [4.69, 9.17) is 4.74 Å². The number of carbonyl (C=O) groups excluding carboxylic acids is 3. The Bertz CT molecular complexity index is 1180. The van der Waals surface area contributed by atoms with Crippen LogP contribution in [0.2, 0.25) is 0 Å². The maximum Gasteiger partial charge on any atom is 0.330 e. The number of benzene rings is 2. The molecule has 178 valence electrons. The average molecular weight is 483 g/mol. The van der Waals surface area contributed by atoms with Gasteiger partial charge in [0.1, 0.15) is 6.61 Å². The van der Waals surface area contributed by atoms with Gasteiger partial charge in [0.2, 0.25) is 10.0 Å². The zero-order valence-corrected chi connectivity index (χ0v) is 19.5. The Hall–Kier alpha value is -3.30. The second-order valence-electron chi connectivity index (χ2n) is 8.20. The van der Waals surface area contributed by atoms with E-state index in [2.05, 4.69) is 0 Å². The molecule has 9 heteroatoms. The average Bonchev–Trinajstić information content (AvgIpc) is 3.03. The largest absolute Gasteiger partial charge is 0.461 e. The molecule has 0 radical (unpaired) electrons. The van der Waals surface area contributed by atoms with Crippen LogP contribution >= 0.6 is 0 Å². The van der Waals surface area contributed by atoms with E-state index < -0.39 is 27.8 Å². The highest BCUT2D eigenvalue weighted by atomic mass is 32.2. The summed E-state index contributed by atoms with van der Waals surface area (Å²) in [5, 5.41) is 0. The summed E-state index contributed by atoms with van der Waals surface area (Å²) in [6.07, 6.45) is 6.58. The summed E-state index contributed by atoms with van der Waals surface area (Å²) in [5.41, 5.74) is 1.34. The van der Waals surface area contributed by atoms with Crippen molar-refractivity contribution < 1.29 is 27.5 Å². The molecular formula is C25H26N2O6S. The Morgan fingerprint density at radius 1 is 0.882 bits per heavy atom. The number of esters is 1. The van der Waals surface area contributed by atoms with Gasteiger partial charge in [-0.15, -0.1) is 0 Å². The van der Waals surface area contributed by atoms with Crippen molar-refractivity contribution in [3.63, 3.8) is 0 Å². The molecule has 0 aliphatic carbocycles. The topological polar surface area (TPSA) is 101 Å². The number of nitrogens with zero attached hydrogens (tertiary/aromatic N) is 2. The first-order chi connectivity index (χ1) is 16.4. The second-order valence-corrected chi connectivity index (χ2v) is 10.1. The lowest BCUT2D eigenvalue weighted by Gasteiger charge is -2.19. The summed E-state index contributed by atoms with van der Waals surface area (Å²) < 4.78 is 32.3. The van der Waals surface area contributed by atoms with Crippen LogP contribution in [0.5, 0.6) is 0 Å². The quantitative estimate of drug-likeness (QED) is 0.342. The summed E-state index contributed by atoms with van der Waals surface area (Å²) in [4.78, 5) is 38.0. The molecule has 0 saturated carbocycles. The van der Waals surface area contributed by atoms with E-state index in [0.29, 0.717) is 29.8 Å². The minimum atomic E-state index is -3.52. The van der Waals surface area contributed by atoms with Gasteiger partial charge in [-0.3, -0.25) is 14.5 Å². The summed E-state index contributed by atoms with van der Waals surface area (Å²) in [6.45, 7) is 0.920. The van der Waals surface area contributed by atoms with Crippen LogP contribution in [0.3, 0.4) is 0 Å². The fourth-order valence-electron chi connectivity index (χ4n) is 4.07. The molecule has 1 saturated heterocycles. The first-order valence-corrected chi connectivity index (χ1v) is 12.7. The van der Waals surface area contributed by atoms with Crippen molar-refractivity contribution in [2.24, 2.45) is 0 Å². The number of sulfonamides is 1. The molecule has 0 atom stereocenters. The number of ether oxygens (including phenoxy) is 1. The van der Waals surface area contributed by atoms with Gasteiger partial charge in [0, 0.05) is 19.2 Å². The van der Waals surface area contributed by atoms with Crippen molar-refractivity contribution in [2.75, 3.05) is 26.2 Å². The fraction of sp³-hybridized carbons (Fsp3) is 0.320. The summed E-state index contributed by atoms with van der Waals surface area (Å²) in [7, 11) is -3.52. The summed E-state index contributed by atoms with van der Waals surface area (Å²) >= 11 is 0. The van der Waals surface area contributed by atoms with Crippen molar-refractivity contribution in [3.05, 3.63) is 71.3 Å². The second kappa shape index (κ2) is 10.3. The van der Waals surface area contributed by atoms with Crippen molar-refractivity contribution in [2.45, 2.75) is 30.6 Å². The molecule has 2 aromatic rings. The smallest absolute Gasteiger partial charge is 0.330 e. The third-order valence-electron chi connectivity index (χ3n) is 5.93. The molecule has 2 aliphatic heterocycles. The number of fused-ring (bicyclic) bond motifs is 1. The zero-order chi connectivity index (χ0) is 24.1. The van der Waals surface area contributed by atoms with Gasteiger partial charge in [-0.2, -0.15) is 4.31 Å². The molecule has 8 nitrogen and oxygen atoms in total. The number of imide groups is 1. The third-order valence-corrected chi connectivity index (χ3v) is 7.85. The Morgan fingerprint density at radius 3 is 2.06 bits per heavy atom. The van der Waals surface area contributed by atoms with Gasteiger partial charge in [0.25, 0.3) is 11.8 Å². The van der Waals surface area contributed by atoms with Crippen LogP contribution in [0.25, 0.3) is 6.08 Å². The number of rotatable bonds is 7. The molecule has 0 bridgehead atoms. The van der Waals surface area contributed by atoms with Crippen molar-refractivity contribution in [3.8, 4) is 0 Å². The van der Waals surface area contributed by atoms with Gasteiger partial charge in [-0.25, -0.2) is 13.2 Å². The highest BCUT2D eigenvalue weighted by molar-refractivity contribution is 7.89. The van der Waals surface area contributed by atoms with Crippen LogP contribution < -0.4 is 0 Å². The number of amides is 2. The van der Waals surface area contributed by atoms with E-state index in [0.717, 1.165) is 30.6 Å². The Balaban J connectivity index is 1.29. The predicted molar refractivity (Wildman–Crippen MR) is 125 cm³/mol. The van der Waals surface area contributed by atoms with Crippen LogP contribution in [0.15, 0.2) is 59.5 Å². The van der Waals surface area contributed by atoms with Gasteiger partial charge in [0.15, 0.2) is 0 Å². The van der Waals surface area contributed by atoms with Gasteiger partial charge in [-0.1, -0.05) is 37.1 Å². The number of hydrogen-bond donors (Lipinski definition) is 0. The van der Waals surface area contributed by atoms with E-state index in [1.54, 1.807) is 36.4 Å². The van der Waals surface area contributed by atoms with Crippen LogP contribution in [-0.4, -0.2) is 61.6 Å². The molecule has 2 aromatic carbocycles. The minimum Gasteiger partial charge on any atom is -0.461 e. The molecule has 34 heavy (non-hydrogen) atoms. The Kier molecular flexibility index (Phi) is 7.23. The van der Waals surface area contributed by atoms with E-state index in [1.165, 1.54) is 28.6 Å². The van der Waals surface area contributed by atoms with E-state index in [9.17, 15) is 22.8 Å². The predicted octanol–water partition coefficient (Wildman–Crippen LogP) is 3.10. The first-order valence-electron chi connectivity index (χ1n) is 11.3. The molecule has 4 rings (SSSR count). The normalized spacial score (nSPS) is 17.1. The summed E-state index contributed by atoms with van der Waals surface area (Å²) in [5.74, 6) is -1.43. The third kappa shape index (κ3) is 5.10. The van der Waals surface area contributed by atoms with Gasteiger partial charge in [-0.05, 0) is 48.7 Å². The van der Waals surface area contributed by atoms with Crippen LogP contribution in [-0.2, 0) is 19.6 Å². The molecule has 1 fully saturated rings. The number of carbonyl (C=O) groups is 3. The Morgan fingerprint density at radius 2 is 1.47 bits per heavy atom. The highest BCUT2D eigenvalue weighted by Crippen LogP contribution is 2.22. The van der Waals surface area contributed by atoms with Crippen molar-refractivity contribution in [1.82, 2.24) is 9.21 Å². The molecule has 2 amide bonds. The van der Waals surface area contributed by atoms with Crippen molar-refractivity contribution in [1.29, 1.82) is 0 Å². The summed E-state index contributed by atoms with van der Waals surface area (Å²) in [6, 6.07) is 12.9. The molecule has 2 heterocycles. The standard InChI is InChI=1S/C25H26N2O6S/c28-23(33-18-17-27-24(29)21-7-3-4-8-22(21)25(27)30)14-11-19-9-12-20(13-10-19)34(31,32)26-15-5-1-2-6-16-26/h3-4,7-14H,1-2,5-6,15-18H2/b14-11-. The molecular weight excluding hydrogens is 456 g/mol. The molecule has 0 aromatic heterocycles. The van der Waals surface area contributed by atoms with Gasteiger partial charge < -0.3 is 4.74 Å². The van der Waals surface area contributed by atoms with E-state index in [-0.39, 0.29) is 18.0 Å². The molecule has 2 aliphatic rings. The minimum absolute atomic E-state index is 0.0328. The van der Waals surface area contributed by atoms with Crippen molar-refractivity contribution >= 4 is 33.9 Å². The van der Waals surface area contributed by atoms with E-state index >= 15 is 0 Å². The lowest BCUT2D eigenvalue weighted by molar-refractivity contribution is -0.137. The van der Waals surface area contributed by atoms with E-state index in [1.807, 2.05) is 0 Å². The number of hydrogen-bond acceptors (Lipinski definition) is 6. The molecule has 0 N–H and O–H groups in total. The van der Waals surface area contributed by atoms with Crippen LogP contribution in [0, 0.1) is 0 Å². The molecule has 0 unspecified atom stereocenters. The van der Waals surface area contributed by atoms with Gasteiger partial charge >= 0.3 is 5.97 Å². The first kappa shape index (κ1) is 23.8. The lowest BCUT2D eigenvalue weighted by Crippen LogP contribution is -2.33. The van der Waals surface area contributed by atoms with Crippen LogP contribution in [0.4, 0.5) is 0 Å².